The minimum absolute atomic E-state index is 0.195. The zero-order valence-electron chi connectivity index (χ0n) is 16.3. The number of carbonyl (C=O) groups excluding carboxylic acids is 1. The highest BCUT2D eigenvalue weighted by atomic mass is 127. The molecule has 1 amide bonds. The van der Waals surface area contributed by atoms with E-state index in [-0.39, 0.29) is 11.7 Å². The van der Waals surface area contributed by atoms with Gasteiger partial charge in [0.2, 0.25) is 0 Å². The molecule has 3 rings (SSSR count). The Labute approximate surface area is 200 Å². The number of aliphatic carboxylic acids is 1. The monoisotopic (exact) mass is 571 g/mol. The number of benzene rings is 2. The summed E-state index contributed by atoms with van der Waals surface area (Å²) in [6, 6.07) is 11.3. The molecule has 0 unspecified atom stereocenters. The molecule has 162 valence electrons. The molecule has 0 aliphatic heterocycles. The van der Waals surface area contributed by atoms with E-state index in [4.69, 9.17) is 14.6 Å². The first-order valence-electron chi connectivity index (χ1n) is 9.07. The van der Waals surface area contributed by atoms with E-state index in [2.05, 4.69) is 15.5 Å². The number of hydrogen-bond acceptors (Lipinski definition) is 8. The Morgan fingerprint density at radius 3 is 2.87 bits per heavy atom. The zero-order chi connectivity index (χ0) is 22.2. The Bertz CT molecular complexity index is 1090. The van der Waals surface area contributed by atoms with Gasteiger partial charge < -0.3 is 14.6 Å². The van der Waals surface area contributed by atoms with Crippen LogP contribution in [-0.4, -0.2) is 47.1 Å². The number of carboxylic acids is 1. The Hall–Kier alpha value is -2.38. The largest absolute Gasteiger partial charge is 0.490 e. The summed E-state index contributed by atoms with van der Waals surface area (Å²) >= 11 is 4.94. The quantitative estimate of drug-likeness (QED) is 0.164. The molecule has 2 N–H and O–H groups in total. The van der Waals surface area contributed by atoms with Gasteiger partial charge in [0.25, 0.3) is 5.91 Å². The highest BCUT2D eigenvalue weighted by Gasteiger charge is 2.13. The van der Waals surface area contributed by atoms with Crippen LogP contribution in [0.2, 0.25) is 0 Å². The fourth-order valence-electron chi connectivity index (χ4n) is 2.45. The smallest absolute Gasteiger partial charge is 0.341 e. The summed E-state index contributed by atoms with van der Waals surface area (Å²) in [6.07, 6.45) is 1.49. The maximum absolute atomic E-state index is 12.1. The highest BCUT2D eigenvalue weighted by Crippen LogP contribution is 2.34. The lowest BCUT2D eigenvalue weighted by Crippen LogP contribution is -2.19. The topological polar surface area (TPSA) is 110 Å². The molecule has 0 bridgehead atoms. The molecule has 11 heteroatoms. The Balaban J connectivity index is 1.58. The summed E-state index contributed by atoms with van der Waals surface area (Å²) in [4.78, 5) is 27.4. The number of halogens is 1. The van der Waals surface area contributed by atoms with Crippen LogP contribution in [0.4, 0.5) is 0 Å². The Morgan fingerprint density at radius 2 is 2.13 bits per heavy atom. The molecule has 0 fully saturated rings. The van der Waals surface area contributed by atoms with Crippen molar-refractivity contribution in [1.82, 2.24) is 10.4 Å². The first kappa shape index (κ1) is 23.3. The number of nitrogens with one attached hydrogen (secondary N) is 1. The third kappa shape index (κ3) is 6.80. The predicted octanol–water partition coefficient (Wildman–Crippen LogP) is 4.01. The normalized spacial score (nSPS) is 11.0. The van der Waals surface area contributed by atoms with Crippen molar-refractivity contribution in [3.05, 3.63) is 45.5 Å². The van der Waals surface area contributed by atoms with Crippen molar-refractivity contribution >= 4 is 74.0 Å². The van der Waals surface area contributed by atoms with Gasteiger partial charge in [0.05, 0.1) is 32.4 Å². The van der Waals surface area contributed by atoms with Crippen molar-refractivity contribution in [2.75, 3.05) is 19.0 Å². The van der Waals surface area contributed by atoms with E-state index < -0.39 is 12.6 Å². The minimum Gasteiger partial charge on any atom is -0.490 e. The Morgan fingerprint density at radius 1 is 1.32 bits per heavy atom. The summed E-state index contributed by atoms with van der Waals surface area (Å²) < 4.78 is 13.5. The van der Waals surface area contributed by atoms with Gasteiger partial charge >= 0.3 is 5.97 Å². The van der Waals surface area contributed by atoms with Gasteiger partial charge in [0.1, 0.15) is 0 Å². The van der Waals surface area contributed by atoms with Crippen LogP contribution in [0.25, 0.3) is 10.2 Å². The van der Waals surface area contributed by atoms with Crippen LogP contribution in [-0.2, 0) is 9.59 Å². The maximum atomic E-state index is 12.1. The van der Waals surface area contributed by atoms with Gasteiger partial charge in [-0.3, -0.25) is 4.79 Å². The number of thiazole rings is 1. The summed E-state index contributed by atoms with van der Waals surface area (Å²) in [5.74, 6) is -0.356. The maximum Gasteiger partial charge on any atom is 0.341 e. The first-order chi connectivity index (χ1) is 15.0. The van der Waals surface area contributed by atoms with Gasteiger partial charge in [-0.1, -0.05) is 23.9 Å². The lowest BCUT2D eigenvalue weighted by Gasteiger charge is -2.13. The van der Waals surface area contributed by atoms with Crippen LogP contribution < -0.4 is 14.9 Å². The van der Waals surface area contributed by atoms with Crippen molar-refractivity contribution in [3.8, 4) is 11.5 Å². The molecule has 1 aromatic heterocycles. The summed E-state index contributed by atoms with van der Waals surface area (Å²) in [5.41, 5.74) is 4.09. The van der Waals surface area contributed by atoms with Crippen molar-refractivity contribution in [2.24, 2.45) is 5.10 Å². The number of fused-ring (bicyclic) bond motifs is 1. The number of aromatic nitrogens is 1. The van der Waals surface area contributed by atoms with E-state index in [1.165, 1.54) is 18.0 Å². The predicted molar refractivity (Wildman–Crippen MR) is 130 cm³/mol. The van der Waals surface area contributed by atoms with E-state index >= 15 is 0 Å². The van der Waals surface area contributed by atoms with Gasteiger partial charge in [-0.25, -0.2) is 15.2 Å². The van der Waals surface area contributed by atoms with E-state index in [1.54, 1.807) is 23.5 Å². The Kier molecular flexibility index (Phi) is 8.49. The van der Waals surface area contributed by atoms with Gasteiger partial charge in [-0.05, 0) is 59.3 Å². The zero-order valence-corrected chi connectivity index (χ0v) is 20.1. The standard InChI is InChI=1S/C20H18IN3O5S2/c1-2-28-15-8-12(7-13(21)19(15)29-10-18(26)27)9-22-24-17(25)11-30-20-23-14-5-3-4-6-16(14)31-20/h3-9H,2,10-11H2,1H3,(H,24,25)(H,26,27)/b22-9-. The fourth-order valence-corrected chi connectivity index (χ4v) is 5.09. The number of carbonyl (C=O) groups is 2. The number of hydrogen-bond donors (Lipinski definition) is 2. The number of ether oxygens (including phenoxy) is 2. The lowest BCUT2D eigenvalue weighted by atomic mass is 10.2. The van der Waals surface area contributed by atoms with Crippen molar-refractivity contribution in [3.63, 3.8) is 0 Å². The van der Waals surface area contributed by atoms with Crippen molar-refractivity contribution in [2.45, 2.75) is 11.3 Å². The molecule has 8 nitrogen and oxygen atoms in total. The molecule has 0 saturated heterocycles. The number of amides is 1. The summed E-state index contributed by atoms with van der Waals surface area (Å²) in [7, 11) is 0. The van der Waals surface area contributed by atoms with Gasteiger partial charge in [-0.2, -0.15) is 5.10 Å². The molecule has 2 aromatic carbocycles. The number of para-hydroxylation sites is 1. The van der Waals surface area contributed by atoms with Crippen molar-refractivity contribution in [1.29, 1.82) is 0 Å². The molecule has 31 heavy (non-hydrogen) atoms. The van der Waals surface area contributed by atoms with Crippen molar-refractivity contribution < 1.29 is 24.2 Å². The van der Waals surface area contributed by atoms with Gasteiger partial charge in [-0.15, -0.1) is 11.3 Å². The van der Waals surface area contributed by atoms with Crippen LogP contribution in [0.3, 0.4) is 0 Å². The third-order valence-corrected chi connectivity index (χ3v) is 6.66. The molecular weight excluding hydrogens is 553 g/mol. The molecule has 0 spiro atoms. The average Bonchev–Trinajstić information content (AvgIpc) is 3.15. The van der Waals surface area contributed by atoms with Crippen LogP contribution in [0, 0.1) is 3.57 Å². The molecular formula is C20H18IN3O5S2. The fraction of sp³-hybridized carbons (Fsp3) is 0.200. The van der Waals surface area contributed by atoms with Crippen LogP contribution in [0.1, 0.15) is 12.5 Å². The van der Waals surface area contributed by atoms with Gasteiger partial charge in [0.15, 0.2) is 22.4 Å². The van der Waals surface area contributed by atoms with E-state index in [0.717, 1.165) is 14.6 Å². The second kappa shape index (κ2) is 11.3. The number of nitrogens with zero attached hydrogens (tertiary/aromatic N) is 2. The molecule has 0 radical (unpaired) electrons. The molecule has 0 saturated carbocycles. The molecule has 1 heterocycles. The average molecular weight is 571 g/mol. The van der Waals surface area contributed by atoms with E-state index in [1.807, 2.05) is 53.8 Å². The van der Waals surface area contributed by atoms with Crippen LogP contribution >= 0.6 is 45.7 Å². The van der Waals surface area contributed by atoms with E-state index in [0.29, 0.717) is 27.2 Å². The molecule has 3 aromatic rings. The lowest BCUT2D eigenvalue weighted by molar-refractivity contribution is -0.139. The molecule has 0 atom stereocenters. The highest BCUT2D eigenvalue weighted by molar-refractivity contribution is 14.1. The summed E-state index contributed by atoms with van der Waals surface area (Å²) in [5, 5.41) is 12.8. The second-order valence-corrected chi connectivity index (χ2v) is 9.39. The number of thioether (sulfide) groups is 1. The van der Waals surface area contributed by atoms with E-state index in [9.17, 15) is 9.59 Å². The summed E-state index contributed by atoms with van der Waals surface area (Å²) in [6.45, 7) is 1.74. The van der Waals surface area contributed by atoms with Crippen LogP contribution in [0.5, 0.6) is 11.5 Å². The minimum atomic E-state index is -1.07. The second-order valence-electron chi connectivity index (χ2n) is 5.97. The van der Waals surface area contributed by atoms with Gasteiger partial charge in [0, 0.05) is 0 Å². The third-order valence-electron chi connectivity index (χ3n) is 3.68. The number of carboxylic acid groups (broad SMARTS) is 1. The molecule has 0 aliphatic carbocycles. The molecule has 0 aliphatic rings. The number of rotatable bonds is 10. The first-order valence-corrected chi connectivity index (χ1v) is 12.0. The van der Waals surface area contributed by atoms with Crippen LogP contribution in [0.15, 0.2) is 45.8 Å². The number of hydrazone groups is 1. The SMILES string of the molecule is CCOc1cc(/C=N\NC(=O)CSc2nc3ccccc3s2)cc(I)c1OCC(=O)O.